The summed E-state index contributed by atoms with van der Waals surface area (Å²) in [6.45, 7) is 7.56. The minimum Gasteiger partial charge on any atom is -0.353 e. The van der Waals surface area contributed by atoms with Crippen molar-refractivity contribution in [1.82, 2.24) is 29.8 Å². The number of aromatic nitrogens is 6. The summed E-state index contributed by atoms with van der Waals surface area (Å²) in [5.74, 6) is 1.99. The second-order valence-corrected chi connectivity index (χ2v) is 7.28. The van der Waals surface area contributed by atoms with Gasteiger partial charge in [-0.2, -0.15) is 9.61 Å². The minimum atomic E-state index is 0.789. The van der Waals surface area contributed by atoms with E-state index in [-0.39, 0.29) is 0 Å². The van der Waals surface area contributed by atoms with E-state index in [0.29, 0.717) is 0 Å². The first-order valence-corrected chi connectivity index (χ1v) is 9.76. The molecular weight excluding hydrogens is 364 g/mol. The fraction of sp³-hybridized carbons (Fsp3) is 0.286. The Hall–Kier alpha value is -3.55. The maximum atomic E-state index is 4.62. The van der Waals surface area contributed by atoms with Gasteiger partial charge in [0.1, 0.15) is 11.5 Å². The van der Waals surface area contributed by atoms with Crippen LogP contribution >= 0.6 is 0 Å². The molecule has 0 radical (unpaired) electrons. The molecule has 0 spiro atoms. The molecule has 29 heavy (non-hydrogen) atoms. The Balaban J connectivity index is 1.32. The molecule has 0 atom stereocenters. The van der Waals surface area contributed by atoms with E-state index in [0.717, 1.165) is 66.2 Å². The number of pyridine rings is 1. The van der Waals surface area contributed by atoms with E-state index in [1.807, 2.05) is 54.8 Å². The van der Waals surface area contributed by atoms with Gasteiger partial charge < -0.3 is 9.80 Å². The highest BCUT2D eigenvalue weighted by molar-refractivity contribution is 5.56. The molecule has 0 aliphatic carbocycles. The minimum absolute atomic E-state index is 0.789. The van der Waals surface area contributed by atoms with Gasteiger partial charge >= 0.3 is 0 Å². The molecule has 8 heteroatoms. The van der Waals surface area contributed by atoms with Gasteiger partial charge in [-0.1, -0.05) is 6.07 Å². The first-order valence-electron chi connectivity index (χ1n) is 9.76. The van der Waals surface area contributed by atoms with Crippen LogP contribution in [0.3, 0.4) is 0 Å². The Labute approximate surface area is 168 Å². The van der Waals surface area contributed by atoms with Gasteiger partial charge in [-0.15, -0.1) is 10.2 Å². The highest BCUT2D eigenvalue weighted by Gasteiger charge is 2.21. The van der Waals surface area contributed by atoms with Gasteiger partial charge in [0.2, 0.25) is 0 Å². The largest absolute Gasteiger partial charge is 0.353 e. The van der Waals surface area contributed by atoms with Crippen molar-refractivity contribution in [1.29, 1.82) is 0 Å². The van der Waals surface area contributed by atoms with E-state index in [1.165, 1.54) is 0 Å². The van der Waals surface area contributed by atoms with Crippen LogP contribution in [0.4, 0.5) is 11.6 Å². The third-order valence-electron chi connectivity index (χ3n) is 5.16. The fourth-order valence-electron chi connectivity index (χ4n) is 3.73. The molecular formula is C21H22N8. The zero-order chi connectivity index (χ0) is 19.8. The summed E-state index contributed by atoms with van der Waals surface area (Å²) < 4.78 is 1.94. The van der Waals surface area contributed by atoms with E-state index in [1.54, 1.807) is 6.20 Å². The van der Waals surface area contributed by atoms with Crippen molar-refractivity contribution in [3.63, 3.8) is 0 Å². The maximum absolute atomic E-state index is 4.62. The number of aryl methyl sites for hydroxylation is 2. The maximum Gasteiger partial charge on any atom is 0.157 e. The summed E-state index contributed by atoms with van der Waals surface area (Å²) >= 11 is 0. The van der Waals surface area contributed by atoms with Crippen LogP contribution in [-0.4, -0.2) is 56.0 Å². The Morgan fingerprint density at radius 2 is 1.62 bits per heavy atom. The molecule has 0 N–H and O–H groups in total. The quantitative estimate of drug-likeness (QED) is 0.535. The molecule has 0 saturated carbocycles. The van der Waals surface area contributed by atoms with Crippen molar-refractivity contribution < 1.29 is 0 Å². The first kappa shape index (κ1) is 17.5. The number of rotatable bonds is 3. The number of piperazine rings is 1. The topological polar surface area (TPSA) is 75.3 Å². The van der Waals surface area contributed by atoms with Crippen molar-refractivity contribution in [2.24, 2.45) is 0 Å². The van der Waals surface area contributed by atoms with E-state index < -0.39 is 0 Å². The molecule has 0 unspecified atom stereocenters. The number of hydrogen-bond acceptors (Lipinski definition) is 7. The van der Waals surface area contributed by atoms with Crippen molar-refractivity contribution in [3.8, 4) is 11.4 Å². The third kappa shape index (κ3) is 3.37. The molecule has 4 aromatic rings. The SMILES string of the molecule is Cc1cc(N2CCN(c3ccc(-c4ccccn4)nn3)CC2)n2nc(C)cc2n1. The molecule has 4 aromatic heterocycles. The van der Waals surface area contributed by atoms with Crippen LogP contribution in [0.15, 0.2) is 48.7 Å². The number of anilines is 2. The van der Waals surface area contributed by atoms with Crippen LogP contribution in [0.2, 0.25) is 0 Å². The normalized spacial score (nSPS) is 14.6. The first-order chi connectivity index (χ1) is 14.2. The molecule has 0 amide bonds. The second-order valence-electron chi connectivity index (χ2n) is 7.28. The molecule has 5 heterocycles. The summed E-state index contributed by atoms with van der Waals surface area (Å²) in [4.78, 5) is 13.6. The predicted octanol–water partition coefficient (Wildman–Crippen LogP) is 2.52. The van der Waals surface area contributed by atoms with E-state index >= 15 is 0 Å². The van der Waals surface area contributed by atoms with Crippen molar-refractivity contribution in [3.05, 3.63) is 60.0 Å². The molecule has 5 rings (SSSR count). The zero-order valence-electron chi connectivity index (χ0n) is 16.5. The number of fused-ring (bicyclic) bond motifs is 1. The summed E-state index contributed by atoms with van der Waals surface area (Å²) in [6, 6.07) is 13.9. The van der Waals surface area contributed by atoms with Crippen LogP contribution in [0.5, 0.6) is 0 Å². The van der Waals surface area contributed by atoms with Crippen LogP contribution in [0.1, 0.15) is 11.4 Å². The van der Waals surface area contributed by atoms with E-state index in [4.69, 9.17) is 0 Å². The van der Waals surface area contributed by atoms with Crippen LogP contribution in [0.25, 0.3) is 17.0 Å². The molecule has 8 nitrogen and oxygen atoms in total. The van der Waals surface area contributed by atoms with Crippen LogP contribution < -0.4 is 9.80 Å². The standard InChI is InChI=1S/C21H22N8/c1-15-14-21(29-20(23-15)13-16(2)26-29)28-11-9-27(10-12-28)19-7-6-18(24-25-19)17-5-3-4-8-22-17/h3-8,13-14H,9-12H2,1-2H3. The molecule has 1 aliphatic heterocycles. The highest BCUT2D eigenvalue weighted by atomic mass is 15.4. The molecule has 1 aliphatic rings. The summed E-state index contributed by atoms with van der Waals surface area (Å²) in [5, 5.41) is 13.4. The lowest BCUT2D eigenvalue weighted by molar-refractivity contribution is 0.629. The lowest BCUT2D eigenvalue weighted by Gasteiger charge is -2.36. The average molecular weight is 386 g/mol. The van der Waals surface area contributed by atoms with Crippen LogP contribution in [0, 0.1) is 13.8 Å². The lowest BCUT2D eigenvalue weighted by Crippen LogP contribution is -2.47. The van der Waals surface area contributed by atoms with Gasteiger partial charge in [0.05, 0.1) is 11.4 Å². The summed E-state index contributed by atoms with van der Waals surface area (Å²) in [7, 11) is 0. The molecule has 0 bridgehead atoms. The van der Waals surface area contributed by atoms with Gasteiger partial charge in [-0.05, 0) is 38.1 Å². The Morgan fingerprint density at radius 3 is 2.34 bits per heavy atom. The summed E-state index contributed by atoms with van der Waals surface area (Å²) in [5.41, 5.74) is 4.51. The van der Waals surface area contributed by atoms with Crippen LogP contribution in [-0.2, 0) is 0 Å². The Kier molecular flexibility index (Phi) is 4.31. The van der Waals surface area contributed by atoms with Gasteiger partial charge in [-0.25, -0.2) is 4.98 Å². The Morgan fingerprint density at radius 1 is 0.793 bits per heavy atom. The van der Waals surface area contributed by atoms with Crippen molar-refractivity contribution in [2.45, 2.75) is 13.8 Å². The molecule has 1 fully saturated rings. The second kappa shape index (κ2) is 7.12. The number of hydrogen-bond donors (Lipinski definition) is 0. The number of nitrogens with zero attached hydrogens (tertiary/aromatic N) is 8. The highest BCUT2D eigenvalue weighted by Crippen LogP contribution is 2.22. The van der Waals surface area contributed by atoms with Crippen molar-refractivity contribution >= 4 is 17.3 Å². The average Bonchev–Trinajstić information content (AvgIpc) is 3.14. The Bertz CT molecular complexity index is 1130. The molecule has 1 saturated heterocycles. The van der Waals surface area contributed by atoms with Gasteiger partial charge in [-0.3, -0.25) is 4.98 Å². The van der Waals surface area contributed by atoms with E-state index in [9.17, 15) is 0 Å². The molecule has 146 valence electrons. The monoisotopic (exact) mass is 386 g/mol. The predicted molar refractivity (Wildman–Crippen MR) is 112 cm³/mol. The van der Waals surface area contributed by atoms with Gasteiger partial charge in [0.15, 0.2) is 11.5 Å². The third-order valence-corrected chi connectivity index (χ3v) is 5.16. The van der Waals surface area contributed by atoms with Gasteiger partial charge in [0, 0.05) is 50.2 Å². The smallest absolute Gasteiger partial charge is 0.157 e. The van der Waals surface area contributed by atoms with Gasteiger partial charge in [0.25, 0.3) is 0 Å². The van der Waals surface area contributed by atoms with E-state index in [2.05, 4.69) is 41.1 Å². The molecule has 0 aromatic carbocycles. The fourth-order valence-corrected chi connectivity index (χ4v) is 3.73. The zero-order valence-corrected chi connectivity index (χ0v) is 16.5. The summed E-state index contributed by atoms with van der Waals surface area (Å²) in [6.07, 6.45) is 1.77. The van der Waals surface area contributed by atoms with Crippen molar-refractivity contribution in [2.75, 3.05) is 36.0 Å². The lowest BCUT2D eigenvalue weighted by atomic mass is 10.2.